The van der Waals surface area contributed by atoms with E-state index in [1.165, 1.54) is 16.7 Å². The molecule has 3 atom stereocenters. The first kappa shape index (κ1) is 26.0. The number of ether oxygens (including phenoxy) is 2. The number of aromatic amines is 1. The van der Waals surface area contributed by atoms with Crippen LogP contribution < -0.4 is 19.2 Å². The third kappa shape index (κ3) is 4.74. The smallest absolute Gasteiger partial charge is 0.305 e. The van der Waals surface area contributed by atoms with Crippen LogP contribution in [-0.4, -0.2) is 29.2 Å². The van der Waals surface area contributed by atoms with Crippen molar-refractivity contribution < 1.29 is 19.1 Å². The minimum absolute atomic E-state index is 0.234. The SMILES string of the molecule is COc1cc(C2c3sc(=O)[nH]c3SC3C(=O)N(c4ccc(Cl)cc4)C(=O)C32)ccc1OCc1ccc(Cl)cc1. The zero-order valence-electron chi connectivity index (χ0n) is 20.4. The summed E-state index contributed by atoms with van der Waals surface area (Å²) in [5.41, 5.74) is 2.15. The molecule has 2 aliphatic rings. The lowest BCUT2D eigenvalue weighted by Gasteiger charge is -2.30. The largest absolute Gasteiger partial charge is 0.493 e. The van der Waals surface area contributed by atoms with Gasteiger partial charge in [-0.3, -0.25) is 14.4 Å². The van der Waals surface area contributed by atoms with Crippen LogP contribution in [0.4, 0.5) is 5.69 Å². The van der Waals surface area contributed by atoms with Crippen LogP contribution in [0.15, 0.2) is 76.6 Å². The standard InChI is InChI=1S/C28H20Cl2N2O5S2/c1-36-20-12-15(4-11-19(20)37-13-14-2-5-16(29)6-3-14)21-22-24(38-25-23(21)39-28(35)31-25)27(34)32(26(22)33)18-9-7-17(30)8-10-18/h2-12,21-22,24H,13H2,1H3,(H,31,35). The number of thiazole rings is 1. The van der Waals surface area contributed by atoms with E-state index < -0.39 is 17.1 Å². The van der Waals surface area contributed by atoms with Gasteiger partial charge in [0.1, 0.15) is 11.9 Å². The van der Waals surface area contributed by atoms with Crippen LogP contribution in [0.1, 0.15) is 21.9 Å². The second-order valence-electron chi connectivity index (χ2n) is 9.06. The molecule has 11 heteroatoms. The van der Waals surface area contributed by atoms with Gasteiger partial charge in [0.15, 0.2) is 11.5 Å². The lowest BCUT2D eigenvalue weighted by molar-refractivity contribution is -0.122. The van der Waals surface area contributed by atoms with Crippen molar-refractivity contribution in [3.63, 3.8) is 0 Å². The van der Waals surface area contributed by atoms with E-state index in [2.05, 4.69) is 4.98 Å². The number of amides is 2. The predicted octanol–water partition coefficient (Wildman–Crippen LogP) is 6.13. The van der Waals surface area contributed by atoms with Gasteiger partial charge in [0.25, 0.3) is 0 Å². The van der Waals surface area contributed by atoms with Crippen molar-refractivity contribution >= 4 is 63.8 Å². The van der Waals surface area contributed by atoms with Gasteiger partial charge in [-0.15, -0.1) is 0 Å². The molecular formula is C28H20Cl2N2O5S2. The first-order valence-corrected chi connectivity index (χ1v) is 14.4. The molecule has 0 radical (unpaired) electrons. The Morgan fingerprint density at radius 1 is 0.897 bits per heavy atom. The fraction of sp³-hybridized carbons (Fsp3) is 0.179. The number of anilines is 1. The Bertz CT molecular complexity index is 1640. The van der Waals surface area contributed by atoms with E-state index in [9.17, 15) is 14.4 Å². The Balaban J connectivity index is 1.37. The normalized spacial score (nSPS) is 20.1. The number of rotatable bonds is 6. The molecule has 0 bridgehead atoms. The summed E-state index contributed by atoms with van der Waals surface area (Å²) in [4.78, 5) is 44.3. The summed E-state index contributed by atoms with van der Waals surface area (Å²) in [7, 11) is 1.54. The number of H-pyrrole nitrogens is 1. The highest BCUT2D eigenvalue weighted by atomic mass is 35.5. The quantitative estimate of drug-likeness (QED) is 0.269. The Morgan fingerprint density at radius 3 is 2.28 bits per heavy atom. The number of thioether (sulfide) groups is 1. The molecule has 6 rings (SSSR count). The number of methoxy groups -OCH3 is 1. The fourth-order valence-corrected chi connectivity index (χ4v) is 7.73. The maximum atomic E-state index is 13.9. The van der Waals surface area contributed by atoms with Crippen LogP contribution >= 0.6 is 46.3 Å². The van der Waals surface area contributed by atoms with Crippen LogP contribution in [0.2, 0.25) is 10.0 Å². The molecule has 0 saturated carbocycles. The minimum atomic E-state index is -0.706. The highest BCUT2D eigenvalue weighted by molar-refractivity contribution is 8.00. The van der Waals surface area contributed by atoms with Gasteiger partial charge in [0.05, 0.1) is 23.7 Å². The number of imide groups is 1. The summed E-state index contributed by atoms with van der Waals surface area (Å²) in [6, 6.07) is 19.4. The van der Waals surface area contributed by atoms with Gasteiger partial charge < -0.3 is 14.5 Å². The monoisotopic (exact) mass is 598 g/mol. The molecule has 1 saturated heterocycles. The molecule has 198 valence electrons. The molecule has 3 aromatic carbocycles. The number of nitrogens with one attached hydrogen (secondary N) is 1. The zero-order chi connectivity index (χ0) is 27.3. The van der Waals surface area contributed by atoms with E-state index in [0.29, 0.717) is 38.9 Å². The summed E-state index contributed by atoms with van der Waals surface area (Å²) >= 11 is 14.3. The number of hydrogen-bond donors (Lipinski definition) is 1. The molecular weight excluding hydrogens is 579 g/mol. The Morgan fingerprint density at radius 2 is 1.59 bits per heavy atom. The summed E-state index contributed by atoms with van der Waals surface area (Å²) in [6.07, 6.45) is 0. The average Bonchev–Trinajstić information content (AvgIpc) is 3.43. The van der Waals surface area contributed by atoms with E-state index >= 15 is 0 Å². The lowest BCUT2D eigenvalue weighted by atomic mass is 9.83. The number of benzene rings is 3. The zero-order valence-corrected chi connectivity index (χ0v) is 23.5. The van der Waals surface area contributed by atoms with Crippen molar-refractivity contribution in [3.8, 4) is 11.5 Å². The number of carbonyl (C=O) groups is 2. The second-order valence-corrected chi connectivity index (χ2v) is 12.1. The average molecular weight is 600 g/mol. The highest BCUT2D eigenvalue weighted by Crippen LogP contribution is 2.53. The minimum Gasteiger partial charge on any atom is -0.493 e. The maximum Gasteiger partial charge on any atom is 0.305 e. The van der Waals surface area contributed by atoms with Crippen molar-refractivity contribution in [2.24, 2.45) is 5.92 Å². The molecule has 1 N–H and O–H groups in total. The number of carbonyl (C=O) groups excluding carboxylic acids is 2. The van der Waals surface area contributed by atoms with E-state index in [1.54, 1.807) is 49.6 Å². The van der Waals surface area contributed by atoms with E-state index in [0.717, 1.165) is 27.3 Å². The molecule has 3 heterocycles. The highest BCUT2D eigenvalue weighted by Gasteiger charge is 2.56. The number of fused-ring (bicyclic) bond motifs is 2. The summed E-state index contributed by atoms with van der Waals surface area (Å²) in [5, 5.41) is 1.07. The fourth-order valence-electron chi connectivity index (χ4n) is 4.96. The van der Waals surface area contributed by atoms with Gasteiger partial charge >= 0.3 is 4.87 Å². The molecule has 7 nitrogen and oxygen atoms in total. The van der Waals surface area contributed by atoms with Gasteiger partial charge in [-0.2, -0.15) is 0 Å². The number of aromatic nitrogens is 1. The lowest BCUT2D eigenvalue weighted by Crippen LogP contribution is -2.32. The maximum absolute atomic E-state index is 13.9. The van der Waals surface area contributed by atoms with Crippen LogP contribution in [0.5, 0.6) is 11.5 Å². The van der Waals surface area contributed by atoms with Crippen LogP contribution in [0.25, 0.3) is 0 Å². The van der Waals surface area contributed by atoms with Gasteiger partial charge in [0, 0.05) is 20.8 Å². The Kier molecular flexibility index (Phi) is 6.93. The number of hydrogen-bond acceptors (Lipinski definition) is 7. The van der Waals surface area contributed by atoms with Crippen molar-refractivity contribution in [2.75, 3.05) is 12.0 Å². The molecule has 2 aliphatic heterocycles. The number of nitrogens with zero attached hydrogens (tertiary/aromatic N) is 1. The Labute approximate surface area is 241 Å². The Hall–Kier alpha value is -3.24. The van der Waals surface area contributed by atoms with Crippen LogP contribution in [0, 0.1) is 5.92 Å². The topological polar surface area (TPSA) is 88.7 Å². The van der Waals surface area contributed by atoms with Gasteiger partial charge in [-0.05, 0) is 59.7 Å². The van der Waals surface area contributed by atoms with Crippen molar-refractivity contribution in [1.29, 1.82) is 0 Å². The molecule has 1 aromatic heterocycles. The first-order valence-electron chi connectivity index (χ1n) is 11.9. The molecule has 0 aliphatic carbocycles. The second kappa shape index (κ2) is 10.4. The predicted molar refractivity (Wildman–Crippen MR) is 153 cm³/mol. The van der Waals surface area contributed by atoms with Crippen LogP contribution in [0.3, 0.4) is 0 Å². The van der Waals surface area contributed by atoms with Crippen molar-refractivity contribution in [3.05, 3.63) is 102 Å². The third-order valence-electron chi connectivity index (χ3n) is 6.76. The van der Waals surface area contributed by atoms with E-state index in [1.807, 2.05) is 24.3 Å². The van der Waals surface area contributed by atoms with Gasteiger partial charge in [0.2, 0.25) is 11.8 Å². The van der Waals surface area contributed by atoms with Gasteiger partial charge in [-0.1, -0.05) is 64.5 Å². The summed E-state index contributed by atoms with van der Waals surface area (Å²) in [5.74, 6) is -0.872. The summed E-state index contributed by atoms with van der Waals surface area (Å²) < 4.78 is 11.7. The molecule has 0 spiro atoms. The molecule has 1 fully saturated rings. The molecule has 4 aromatic rings. The molecule has 2 amide bonds. The summed E-state index contributed by atoms with van der Waals surface area (Å²) in [6.45, 7) is 0.310. The van der Waals surface area contributed by atoms with Crippen LogP contribution in [-0.2, 0) is 16.2 Å². The molecule has 3 unspecified atom stereocenters. The van der Waals surface area contributed by atoms with E-state index in [-0.39, 0.29) is 16.7 Å². The molecule has 39 heavy (non-hydrogen) atoms. The van der Waals surface area contributed by atoms with Gasteiger partial charge in [-0.25, -0.2) is 4.90 Å². The van der Waals surface area contributed by atoms with Crippen molar-refractivity contribution in [1.82, 2.24) is 4.98 Å². The van der Waals surface area contributed by atoms with E-state index in [4.69, 9.17) is 32.7 Å². The van der Waals surface area contributed by atoms with Crippen molar-refractivity contribution in [2.45, 2.75) is 22.8 Å². The number of halogens is 2. The first-order chi connectivity index (χ1) is 18.8. The third-order valence-corrected chi connectivity index (χ3v) is 9.67.